The first kappa shape index (κ1) is 22.7. The largest absolute Gasteiger partial charge is 0.492 e. The van der Waals surface area contributed by atoms with Gasteiger partial charge in [-0.1, -0.05) is 6.07 Å². The van der Waals surface area contributed by atoms with Gasteiger partial charge >= 0.3 is 5.97 Å². The second-order valence-electron chi connectivity index (χ2n) is 9.03. The van der Waals surface area contributed by atoms with Crippen molar-refractivity contribution in [3.8, 4) is 29.1 Å². The van der Waals surface area contributed by atoms with E-state index >= 15 is 0 Å². The minimum absolute atomic E-state index is 0.00941. The predicted molar refractivity (Wildman–Crippen MR) is 126 cm³/mol. The Labute approximate surface area is 202 Å². The third-order valence-electron chi connectivity index (χ3n) is 6.65. The number of aryl methyl sites for hydroxylation is 2. The average Bonchev–Trinajstić information content (AvgIpc) is 3.40. The molecule has 178 valence electrons. The van der Waals surface area contributed by atoms with Gasteiger partial charge in [-0.25, -0.2) is 4.39 Å². The molecule has 3 aromatic carbocycles. The summed E-state index contributed by atoms with van der Waals surface area (Å²) in [6.07, 6.45) is 0.726. The van der Waals surface area contributed by atoms with E-state index in [1.807, 2.05) is 32.0 Å². The molecule has 0 radical (unpaired) electrons. The normalized spacial score (nSPS) is 17.8. The van der Waals surface area contributed by atoms with Crippen molar-refractivity contribution in [3.63, 3.8) is 0 Å². The molecule has 0 spiro atoms. The van der Waals surface area contributed by atoms with Crippen molar-refractivity contribution in [1.29, 1.82) is 5.26 Å². The van der Waals surface area contributed by atoms with Crippen molar-refractivity contribution >= 4 is 5.97 Å². The number of rotatable bonds is 6. The number of hydrogen-bond donors (Lipinski definition) is 1. The van der Waals surface area contributed by atoms with Gasteiger partial charge in [0.05, 0.1) is 24.7 Å². The van der Waals surface area contributed by atoms with E-state index in [0.717, 1.165) is 22.3 Å². The van der Waals surface area contributed by atoms with Crippen molar-refractivity contribution in [2.45, 2.75) is 45.1 Å². The number of carboxylic acid groups (broad SMARTS) is 1. The van der Waals surface area contributed by atoms with Crippen LogP contribution in [0.4, 0.5) is 4.39 Å². The predicted octanol–water partition coefficient (Wildman–Crippen LogP) is 6.12. The molecule has 0 aromatic heterocycles. The maximum atomic E-state index is 14.9. The third-order valence-corrected chi connectivity index (χ3v) is 6.65. The highest BCUT2D eigenvalue weighted by molar-refractivity contribution is 5.69. The molecule has 2 aliphatic rings. The van der Waals surface area contributed by atoms with Crippen molar-refractivity contribution in [3.05, 3.63) is 81.7 Å². The average molecular weight is 474 g/mol. The summed E-state index contributed by atoms with van der Waals surface area (Å²) in [7, 11) is 0. The van der Waals surface area contributed by atoms with Gasteiger partial charge in [0, 0.05) is 28.7 Å². The Kier molecular flexibility index (Phi) is 5.81. The van der Waals surface area contributed by atoms with Crippen molar-refractivity contribution in [1.82, 2.24) is 0 Å². The van der Waals surface area contributed by atoms with E-state index in [1.54, 1.807) is 18.2 Å². The molecule has 5 rings (SSSR count). The highest BCUT2D eigenvalue weighted by Crippen LogP contribution is 2.44. The number of benzene rings is 3. The number of aliphatic carboxylic acids is 1. The Bertz CT molecular complexity index is 1350. The molecular formula is C28H24FNO5. The van der Waals surface area contributed by atoms with Crippen LogP contribution in [0.1, 0.15) is 58.2 Å². The number of carboxylic acids is 1. The lowest BCUT2D eigenvalue weighted by Gasteiger charge is -2.17. The molecule has 35 heavy (non-hydrogen) atoms. The second kappa shape index (κ2) is 8.95. The number of fused-ring (bicyclic) bond motifs is 2. The summed E-state index contributed by atoms with van der Waals surface area (Å²) in [5.74, 6) is 0.928. The van der Waals surface area contributed by atoms with E-state index in [0.29, 0.717) is 53.6 Å². The Morgan fingerprint density at radius 1 is 1.17 bits per heavy atom. The van der Waals surface area contributed by atoms with Crippen LogP contribution in [-0.2, 0) is 11.2 Å². The zero-order chi connectivity index (χ0) is 24.7. The molecule has 0 fully saturated rings. The molecule has 2 atom stereocenters. The van der Waals surface area contributed by atoms with Crippen LogP contribution in [0.25, 0.3) is 0 Å². The van der Waals surface area contributed by atoms with E-state index in [9.17, 15) is 14.4 Å². The topological polar surface area (TPSA) is 88.8 Å². The quantitative estimate of drug-likeness (QED) is 0.464. The standard InChI is InChI=1S/C28H24FNO5/c1-15-9-19(10-16(2)22(15)13-30)35-24-8-6-23(29)28-21(24)5-7-25(28)34-18-3-4-20-17(11-27(31)32)14-33-26(20)12-18/h3-4,6,8-10,12,17,25H,5,7,11,14H2,1-2H3,(H,31,32). The summed E-state index contributed by atoms with van der Waals surface area (Å²) in [4.78, 5) is 11.1. The highest BCUT2D eigenvalue weighted by Gasteiger charge is 2.32. The second-order valence-corrected chi connectivity index (χ2v) is 9.03. The zero-order valence-corrected chi connectivity index (χ0v) is 19.4. The zero-order valence-electron chi connectivity index (χ0n) is 19.4. The van der Waals surface area contributed by atoms with Gasteiger partial charge in [0.1, 0.15) is 34.9 Å². The minimum atomic E-state index is -0.867. The van der Waals surface area contributed by atoms with Crippen LogP contribution in [0, 0.1) is 31.0 Å². The van der Waals surface area contributed by atoms with E-state index < -0.39 is 12.1 Å². The Hall–Kier alpha value is -4.05. The van der Waals surface area contributed by atoms with Crippen LogP contribution in [0.5, 0.6) is 23.0 Å². The number of carbonyl (C=O) groups is 1. The molecule has 6 nitrogen and oxygen atoms in total. The fourth-order valence-electron chi connectivity index (χ4n) is 5.02. The monoisotopic (exact) mass is 473 g/mol. The third kappa shape index (κ3) is 4.28. The molecule has 3 aromatic rings. The lowest BCUT2D eigenvalue weighted by Crippen LogP contribution is -2.07. The molecule has 1 N–H and O–H groups in total. The summed E-state index contributed by atoms with van der Waals surface area (Å²) in [5.41, 5.74) is 4.38. The van der Waals surface area contributed by atoms with Gasteiger partial charge in [-0.15, -0.1) is 0 Å². The molecule has 7 heteroatoms. The summed E-state index contributed by atoms with van der Waals surface area (Å²) in [6.45, 7) is 4.05. The molecule has 0 amide bonds. The fraction of sp³-hybridized carbons (Fsp3) is 0.286. The molecule has 1 aliphatic heterocycles. The Balaban J connectivity index is 1.38. The van der Waals surface area contributed by atoms with Gasteiger partial charge in [-0.2, -0.15) is 5.26 Å². The van der Waals surface area contributed by atoms with Crippen LogP contribution >= 0.6 is 0 Å². The van der Waals surface area contributed by atoms with Gasteiger partial charge in [0.15, 0.2) is 0 Å². The van der Waals surface area contributed by atoms with Crippen molar-refractivity contribution in [2.75, 3.05) is 6.61 Å². The van der Waals surface area contributed by atoms with Gasteiger partial charge in [-0.05, 0) is 68.1 Å². The lowest BCUT2D eigenvalue weighted by molar-refractivity contribution is -0.137. The highest BCUT2D eigenvalue weighted by atomic mass is 19.1. The van der Waals surface area contributed by atoms with Crippen LogP contribution in [0.3, 0.4) is 0 Å². The summed E-state index contributed by atoms with van der Waals surface area (Å²) < 4.78 is 32.9. The first-order valence-electron chi connectivity index (χ1n) is 11.5. The summed E-state index contributed by atoms with van der Waals surface area (Å²) in [6, 6.07) is 14.2. The molecule has 0 saturated heterocycles. The number of halogens is 1. The molecule has 1 heterocycles. The molecular weight excluding hydrogens is 449 g/mol. The van der Waals surface area contributed by atoms with Crippen molar-refractivity contribution < 1.29 is 28.5 Å². The Morgan fingerprint density at radius 3 is 2.66 bits per heavy atom. The molecule has 0 bridgehead atoms. The van der Waals surface area contributed by atoms with E-state index in [-0.39, 0.29) is 18.2 Å². The first-order valence-corrected chi connectivity index (χ1v) is 11.5. The summed E-state index contributed by atoms with van der Waals surface area (Å²) in [5, 5.41) is 18.4. The minimum Gasteiger partial charge on any atom is -0.492 e. The Morgan fingerprint density at radius 2 is 1.94 bits per heavy atom. The van der Waals surface area contributed by atoms with E-state index in [4.69, 9.17) is 19.3 Å². The van der Waals surface area contributed by atoms with Gasteiger partial charge in [0.25, 0.3) is 0 Å². The number of hydrogen-bond acceptors (Lipinski definition) is 5. The van der Waals surface area contributed by atoms with Crippen LogP contribution < -0.4 is 14.2 Å². The lowest BCUT2D eigenvalue weighted by atomic mass is 9.98. The number of nitriles is 1. The fourth-order valence-corrected chi connectivity index (χ4v) is 5.02. The van der Waals surface area contributed by atoms with Crippen LogP contribution in [0.15, 0.2) is 42.5 Å². The summed E-state index contributed by atoms with van der Waals surface area (Å²) >= 11 is 0. The van der Waals surface area contributed by atoms with Gasteiger partial charge in [0.2, 0.25) is 0 Å². The number of ether oxygens (including phenoxy) is 3. The maximum absolute atomic E-state index is 14.9. The van der Waals surface area contributed by atoms with E-state index in [2.05, 4.69) is 6.07 Å². The number of nitrogens with zero attached hydrogens (tertiary/aromatic N) is 1. The maximum Gasteiger partial charge on any atom is 0.304 e. The van der Waals surface area contributed by atoms with Crippen LogP contribution in [-0.4, -0.2) is 17.7 Å². The van der Waals surface area contributed by atoms with E-state index in [1.165, 1.54) is 6.07 Å². The first-order chi connectivity index (χ1) is 16.8. The van der Waals surface area contributed by atoms with Crippen LogP contribution in [0.2, 0.25) is 0 Å². The molecule has 1 aliphatic carbocycles. The SMILES string of the molecule is Cc1cc(Oc2ccc(F)c3c2CCC3Oc2ccc3c(c2)OCC3CC(=O)O)cc(C)c1C#N. The molecule has 2 unspecified atom stereocenters. The van der Waals surface area contributed by atoms with Crippen molar-refractivity contribution in [2.24, 2.45) is 0 Å². The molecule has 0 saturated carbocycles. The van der Waals surface area contributed by atoms with Gasteiger partial charge < -0.3 is 19.3 Å². The smallest absolute Gasteiger partial charge is 0.304 e. The van der Waals surface area contributed by atoms with Gasteiger partial charge in [-0.3, -0.25) is 4.79 Å².